The van der Waals surface area contributed by atoms with Gasteiger partial charge in [0.1, 0.15) is 11.8 Å². The van der Waals surface area contributed by atoms with Crippen molar-refractivity contribution in [2.75, 3.05) is 5.43 Å². The monoisotopic (exact) mass is 322 g/mol. The topological polar surface area (TPSA) is 61.1 Å². The van der Waals surface area contributed by atoms with Crippen LogP contribution >= 0.6 is 0 Å². The van der Waals surface area contributed by atoms with E-state index in [1.165, 1.54) is 0 Å². The number of benzene rings is 3. The molecule has 0 amide bonds. The summed E-state index contributed by atoms with van der Waals surface area (Å²) >= 11 is 0. The van der Waals surface area contributed by atoms with Crippen molar-refractivity contribution in [3.8, 4) is 6.07 Å². The average molecular weight is 322 g/mol. The molecular weight excluding hydrogens is 308 g/mol. The Hall–Kier alpha value is -3.71. The van der Waals surface area contributed by atoms with E-state index >= 15 is 0 Å². The van der Waals surface area contributed by atoms with E-state index in [0.29, 0.717) is 5.69 Å². The van der Waals surface area contributed by atoms with Crippen molar-refractivity contribution in [2.24, 2.45) is 5.10 Å². The molecule has 0 bridgehead atoms. The highest BCUT2D eigenvalue weighted by Crippen LogP contribution is 2.26. The summed E-state index contributed by atoms with van der Waals surface area (Å²) in [6, 6.07) is 27.6. The van der Waals surface area contributed by atoms with Gasteiger partial charge in [0.25, 0.3) is 0 Å². The lowest BCUT2D eigenvalue weighted by Crippen LogP contribution is -2.06. The normalized spacial score (nSPS) is 11.4. The molecule has 0 unspecified atom stereocenters. The number of hydrogen-bond donors (Lipinski definition) is 1. The van der Waals surface area contributed by atoms with Gasteiger partial charge in [-0.05, 0) is 23.6 Å². The third kappa shape index (κ3) is 2.79. The van der Waals surface area contributed by atoms with Gasteiger partial charge in [0.15, 0.2) is 5.71 Å². The van der Waals surface area contributed by atoms with Gasteiger partial charge in [-0.3, -0.25) is 5.43 Å². The molecule has 25 heavy (non-hydrogen) atoms. The first kappa shape index (κ1) is 14.9. The molecule has 4 rings (SSSR count). The molecule has 0 saturated carbocycles. The number of nitrogens with one attached hydrogen (secondary N) is 1. The van der Waals surface area contributed by atoms with Crippen molar-refractivity contribution >= 4 is 33.1 Å². The summed E-state index contributed by atoms with van der Waals surface area (Å²) in [6.07, 6.45) is 0. The first-order chi connectivity index (χ1) is 12.4. The second kappa shape index (κ2) is 6.42. The van der Waals surface area contributed by atoms with E-state index < -0.39 is 0 Å². The number of hydrazone groups is 1. The molecule has 4 nitrogen and oxygen atoms in total. The van der Waals surface area contributed by atoms with Crippen LogP contribution in [0.25, 0.3) is 21.7 Å². The predicted octanol–water partition coefficient (Wildman–Crippen LogP) is 4.73. The molecule has 0 saturated heterocycles. The van der Waals surface area contributed by atoms with Gasteiger partial charge in [-0.1, -0.05) is 60.7 Å². The van der Waals surface area contributed by atoms with Crippen molar-refractivity contribution in [1.29, 1.82) is 5.26 Å². The van der Waals surface area contributed by atoms with Gasteiger partial charge in [-0.2, -0.15) is 10.4 Å². The highest BCUT2D eigenvalue weighted by Gasteiger charge is 2.13. The average Bonchev–Trinajstić information content (AvgIpc) is 2.69. The number of nitriles is 1. The van der Waals surface area contributed by atoms with Crippen LogP contribution in [0.5, 0.6) is 0 Å². The number of fused-ring (bicyclic) bond motifs is 3. The van der Waals surface area contributed by atoms with Crippen LogP contribution in [0.2, 0.25) is 0 Å². The number of nitrogens with zero attached hydrogens (tertiary/aromatic N) is 3. The Morgan fingerprint density at radius 1 is 0.800 bits per heavy atom. The zero-order valence-corrected chi connectivity index (χ0v) is 13.3. The molecule has 0 radical (unpaired) electrons. The van der Waals surface area contributed by atoms with Crippen LogP contribution in [-0.4, -0.2) is 10.7 Å². The van der Waals surface area contributed by atoms with E-state index in [1.807, 2.05) is 78.9 Å². The van der Waals surface area contributed by atoms with E-state index in [9.17, 15) is 5.26 Å². The lowest BCUT2D eigenvalue weighted by molar-refractivity contribution is 1.31. The standard InChI is InChI=1S/C21H14N4/c22-14-20(25-24-15-8-2-1-3-9-15)21-18-12-5-4-10-16(18)17-11-6-7-13-19(17)23-21/h1-13,24H/b25-20-. The minimum Gasteiger partial charge on any atom is -0.277 e. The second-order valence-electron chi connectivity index (χ2n) is 5.57. The van der Waals surface area contributed by atoms with Crippen molar-refractivity contribution in [1.82, 2.24) is 4.98 Å². The van der Waals surface area contributed by atoms with E-state index in [2.05, 4.69) is 16.6 Å². The van der Waals surface area contributed by atoms with Crippen LogP contribution in [0.1, 0.15) is 5.69 Å². The smallest absolute Gasteiger partial charge is 0.186 e. The summed E-state index contributed by atoms with van der Waals surface area (Å²) < 4.78 is 0. The van der Waals surface area contributed by atoms with Crippen LogP contribution in [0.3, 0.4) is 0 Å². The van der Waals surface area contributed by atoms with Gasteiger partial charge >= 0.3 is 0 Å². The van der Waals surface area contributed by atoms with Crippen molar-refractivity contribution < 1.29 is 0 Å². The highest BCUT2D eigenvalue weighted by atomic mass is 15.3. The van der Waals surface area contributed by atoms with Crippen LogP contribution in [0.15, 0.2) is 84.0 Å². The third-order valence-electron chi connectivity index (χ3n) is 4.01. The van der Waals surface area contributed by atoms with Crippen molar-refractivity contribution in [3.05, 3.63) is 84.6 Å². The molecule has 118 valence electrons. The van der Waals surface area contributed by atoms with Gasteiger partial charge in [-0.15, -0.1) is 0 Å². The summed E-state index contributed by atoms with van der Waals surface area (Å²) in [5.41, 5.74) is 5.44. The second-order valence-corrected chi connectivity index (χ2v) is 5.57. The van der Waals surface area contributed by atoms with Crippen LogP contribution in [0, 0.1) is 11.3 Å². The fraction of sp³-hybridized carbons (Fsp3) is 0. The Bertz CT molecular complexity index is 1120. The van der Waals surface area contributed by atoms with E-state index in [4.69, 9.17) is 4.98 Å². The highest BCUT2D eigenvalue weighted by molar-refractivity contribution is 6.21. The van der Waals surface area contributed by atoms with Crippen molar-refractivity contribution in [2.45, 2.75) is 0 Å². The van der Waals surface area contributed by atoms with Crippen LogP contribution in [-0.2, 0) is 0 Å². The Morgan fingerprint density at radius 2 is 1.44 bits per heavy atom. The largest absolute Gasteiger partial charge is 0.277 e. The zero-order chi connectivity index (χ0) is 17.1. The molecule has 1 heterocycles. The Morgan fingerprint density at radius 3 is 2.20 bits per heavy atom. The Labute approximate surface area is 145 Å². The number of para-hydroxylation sites is 2. The quantitative estimate of drug-likeness (QED) is 0.337. The number of rotatable bonds is 3. The summed E-state index contributed by atoms with van der Waals surface area (Å²) in [5.74, 6) is 0. The number of pyridine rings is 1. The number of anilines is 1. The molecule has 0 fully saturated rings. The molecule has 4 aromatic rings. The molecular formula is C21H14N4. The third-order valence-corrected chi connectivity index (χ3v) is 4.01. The van der Waals surface area contributed by atoms with Crippen LogP contribution < -0.4 is 5.43 Å². The molecule has 1 N–H and O–H groups in total. The summed E-state index contributed by atoms with van der Waals surface area (Å²) in [5, 5.41) is 17.0. The minimum atomic E-state index is 0.255. The van der Waals surface area contributed by atoms with Gasteiger partial charge < -0.3 is 0 Å². The van der Waals surface area contributed by atoms with E-state index in [1.54, 1.807) is 0 Å². The number of aromatic nitrogens is 1. The minimum absolute atomic E-state index is 0.255. The van der Waals surface area contributed by atoms with Gasteiger partial charge in [0, 0.05) is 10.8 Å². The summed E-state index contributed by atoms with van der Waals surface area (Å²) in [4.78, 5) is 4.69. The van der Waals surface area contributed by atoms with Crippen molar-refractivity contribution in [3.63, 3.8) is 0 Å². The molecule has 0 aliphatic rings. The van der Waals surface area contributed by atoms with Gasteiger partial charge in [0.05, 0.1) is 11.2 Å². The molecule has 1 aromatic heterocycles. The fourth-order valence-electron chi connectivity index (χ4n) is 2.85. The molecule has 0 aliphatic carbocycles. The molecule has 0 aliphatic heterocycles. The molecule has 0 atom stereocenters. The predicted molar refractivity (Wildman–Crippen MR) is 101 cm³/mol. The fourth-order valence-corrected chi connectivity index (χ4v) is 2.85. The Balaban J connectivity index is 1.90. The summed E-state index contributed by atoms with van der Waals surface area (Å²) in [7, 11) is 0. The number of hydrogen-bond acceptors (Lipinski definition) is 4. The summed E-state index contributed by atoms with van der Waals surface area (Å²) in [6.45, 7) is 0. The maximum absolute atomic E-state index is 9.63. The van der Waals surface area contributed by atoms with E-state index in [-0.39, 0.29) is 5.71 Å². The van der Waals surface area contributed by atoms with Gasteiger partial charge in [-0.25, -0.2) is 4.98 Å². The van der Waals surface area contributed by atoms with Gasteiger partial charge in [0.2, 0.25) is 0 Å². The lowest BCUT2D eigenvalue weighted by Gasteiger charge is -2.08. The van der Waals surface area contributed by atoms with Crippen LogP contribution in [0.4, 0.5) is 5.69 Å². The maximum Gasteiger partial charge on any atom is 0.186 e. The SMILES string of the molecule is N#C/C(=N/Nc1ccccc1)c1nc2ccccc2c2ccccc12. The first-order valence-corrected chi connectivity index (χ1v) is 7.93. The van der Waals surface area contributed by atoms with E-state index in [0.717, 1.165) is 27.4 Å². The lowest BCUT2D eigenvalue weighted by atomic mass is 10.0. The molecule has 0 spiro atoms. The molecule has 4 heteroatoms. The Kier molecular flexibility index (Phi) is 3.82. The maximum atomic E-state index is 9.63. The zero-order valence-electron chi connectivity index (χ0n) is 13.3. The first-order valence-electron chi connectivity index (χ1n) is 7.93. The molecule has 3 aromatic carbocycles.